The molecule has 7 heteroatoms. The molecule has 1 aliphatic rings. The Morgan fingerprint density at radius 3 is 2.86 bits per heavy atom. The van der Waals surface area contributed by atoms with Crippen LogP contribution in [0.5, 0.6) is 0 Å². The third kappa shape index (κ3) is 2.71. The van der Waals surface area contributed by atoms with E-state index in [2.05, 4.69) is 10.2 Å². The molecule has 0 aliphatic carbocycles. The summed E-state index contributed by atoms with van der Waals surface area (Å²) >= 11 is 5.98. The van der Waals surface area contributed by atoms with Gasteiger partial charge in [-0.15, -0.1) is 10.2 Å². The van der Waals surface area contributed by atoms with Gasteiger partial charge >= 0.3 is 5.97 Å². The Hall–Kier alpha value is -1.92. The number of benzene rings is 1. The van der Waals surface area contributed by atoms with E-state index >= 15 is 0 Å². The van der Waals surface area contributed by atoms with Crippen LogP contribution < -0.4 is 0 Å². The van der Waals surface area contributed by atoms with Crippen molar-refractivity contribution in [3.8, 4) is 0 Å². The van der Waals surface area contributed by atoms with Crippen molar-refractivity contribution in [3.63, 3.8) is 0 Å². The number of carboxylic acids is 1. The van der Waals surface area contributed by atoms with Crippen molar-refractivity contribution in [2.45, 2.75) is 39.5 Å². The maximum Gasteiger partial charge on any atom is 0.322 e. The minimum Gasteiger partial charge on any atom is -0.480 e. The maximum absolute atomic E-state index is 11.6. The molecule has 1 N–H and O–H groups in total. The fourth-order valence-electron chi connectivity index (χ4n) is 2.82. The molecule has 1 aromatic carbocycles. The number of aromatic nitrogens is 3. The second kappa shape index (κ2) is 5.70. The molecule has 0 saturated carbocycles. The fraction of sp³-hybridized carbons (Fsp3) is 0.400. The largest absolute Gasteiger partial charge is 0.480 e. The molecule has 22 heavy (non-hydrogen) atoms. The van der Waals surface area contributed by atoms with Crippen LogP contribution in [0.25, 0.3) is 0 Å². The lowest BCUT2D eigenvalue weighted by Crippen LogP contribution is -2.47. The zero-order valence-corrected chi connectivity index (χ0v) is 13.2. The van der Waals surface area contributed by atoms with Crippen LogP contribution in [0, 0.1) is 13.8 Å². The highest BCUT2D eigenvalue weighted by atomic mass is 35.5. The van der Waals surface area contributed by atoms with Crippen molar-refractivity contribution in [1.29, 1.82) is 0 Å². The van der Waals surface area contributed by atoms with Gasteiger partial charge in [0.1, 0.15) is 17.7 Å². The molecular formula is C15H17ClN4O2. The smallest absolute Gasteiger partial charge is 0.322 e. The van der Waals surface area contributed by atoms with E-state index in [0.717, 1.165) is 22.8 Å². The van der Waals surface area contributed by atoms with Crippen LogP contribution in [-0.4, -0.2) is 36.8 Å². The molecule has 116 valence electrons. The average Bonchev–Trinajstić information content (AvgIpc) is 2.82. The fourth-order valence-corrected chi connectivity index (χ4v) is 3.04. The highest BCUT2D eigenvalue weighted by molar-refractivity contribution is 6.30. The molecule has 2 heterocycles. The van der Waals surface area contributed by atoms with E-state index in [4.69, 9.17) is 11.6 Å². The highest BCUT2D eigenvalue weighted by Crippen LogP contribution is 2.23. The maximum atomic E-state index is 11.6. The lowest BCUT2D eigenvalue weighted by molar-refractivity contribution is -0.145. The minimum atomic E-state index is -0.828. The summed E-state index contributed by atoms with van der Waals surface area (Å²) in [6, 6.07) is 5.08. The molecule has 0 fully saturated rings. The summed E-state index contributed by atoms with van der Waals surface area (Å²) in [5, 5.41) is 18.4. The molecule has 0 saturated heterocycles. The molecule has 2 aromatic rings. The number of rotatable bonds is 3. The molecular weight excluding hydrogens is 304 g/mol. The van der Waals surface area contributed by atoms with E-state index in [1.54, 1.807) is 0 Å². The number of hydrogen-bond donors (Lipinski definition) is 1. The van der Waals surface area contributed by atoms with Crippen LogP contribution in [0.1, 0.15) is 22.8 Å². The van der Waals surface area contributed by atoms with Crippen LogP contribution >= 0.6 is 11.6 Å². The average molecular weight is 321 g/mol. The normalized spacial score (nSPS) is 18.2. The quantitative estimate of drug-likeness (QED) is 0.936. The van der Waals surface area contributed by atoms with Gasteiger partial charge in [0.15, 0.2) is 0 Å². The number of aryl methyl sites for hydroxylation is 2. The second-order valence-corrected chi connectivity index (χ2v) is 6.04. The number of carboxylic acid groups (broad SMARTS) is 1. The van der Waals surface area contributed by atoms with Gasteiger partial charge in [-0.25, -0.2) is 0 Å². The molecule has 0 amide bonds. The Morgan fingerprint density at radius 1 is 1.41 bits per heavy atom. The molecule has 0 bridgehead atoms. The zero-order chi connectivity index (χ0) is 15.9. The van der Waals surface area contributed by atoms with E-state index in [1.807, 2.05) is 41.5 Å². The van der Waals surface area contributed by atoms with E-state index in [-0.39, 0.29) is 0 Å². The number of hydrogen-bond acceptors (Lipinski definition) is 4. The highest BCUT2D eigenvalue weighted by Gasteiger charge is 2.33. The standard InChI is InChI=1S/C15H17ClN4O2/c1-9-5-12(16)4-3-11(9)6-19-8-14-18-17-10(2)20(14)7-13(19)15(21)22/h3-5,13H,6-8H2,1-2H3,(H,21,22). The van der Waals surface area contributed by atoms with Crippen molar-refractivity contribution in [2.75, 3.05) is 0 Å². The second-order valence-electron chi connectivity index (χ2n) is 5.60. The van der Waals surface area contributed by atoms with Gasteiger partial charge in [0.2, 0.25) is 0 Å². The Bertz CT molecular complexity index is 728. The first-order chi connectivity index (χ1) is 10.5. The van der Waals surface area contributed by atoms with E-state index in [0.29, 0.717) is 24.7 Å². The first-order valence-corrected chi connectivity index (χ1v) is 7.44. The number of fused-ring (bicyclic) bond motifs is 1. The number of nitrogens with zero attached hydrogens (tertiary/aromatic N) is 4. The van der Waals surface area contributed by atoms with Crippen molar-refractivity contribution < 1.29 is 9.90 Å². The topological polar surface area (TPSA) is 71.2 Å². The lowest BCUT2D eigenvalue weighted by Gasteiger charge is -2.33. The van der Waals surface area contributed by atoms with Crippen LogP contribution in [0.4, 0.5) is 0 Å². The van der Waals surface area contributed by atoms with Gasteiger partial charge in [0.05, 0.1) is 13.1 Å². The summed E-state index contributed by atoms with van der Waals surface area (Å²) in [6.07, 6.45) is 0. The Balaban J connectivity index is 1.89. The number of aliphatic carboxylic acids is 1. The van der Waals surface area contributed by atoms with Gasteiger partial charge in [-0.3, -0.25) is 9.69 Å². The predicted octanol–water partition coefficient (Wildman–Crippen LogP) is 2.02. The molecule has 0 radical (unpaired) electrons. The first-order valence-electron chi connectivity index (χ1n) is 7.06. The molecule has 0 spiro atoms. The van der Waals surface area contributed by atoms with Gasteiger partial charge in [0.25, 0.3) is 0 Å². The van der Waals surface area contributed by atoms with Crippen LogP contribution in [0.15, 0.2) is 18.2 Å². The van der Waals surface area contributed by atoms with Gasteiger partial charge in [-0.1, -0.05) is 17.7 Å². The van der Waals surface area contributed by atoms with Gasteiger partial charge < -0.3 is 9.67 Å². The summed E-state index contributed by atoms with van der Waals surface area (Å²) in [5.41, 5.74) is 2.13. The molecule has 1 atom stereocenters. The molecule has 1 unspecified atom stereocenters. The van der Waals surface area contributed by atoms with Crippen LogP contribution in [0.2, 0.25) is 5.02 Å². The zero-order valence-electron chi connectivity index (χ0n) is 12.5. The van der Waals surface area contributed by atoms with E-state index < -0.39 is 12.0 Å². The van der Waals surface area contributed by atoms with Crippen molar-refractivity contribution >= 4 is 17.6 Å². The monoisotopic (exact) mass is 320 g/mol. The van der Waals surface area contributed by atoms with Gasteiger partial charge in [0, 0.05) is 11.6 Å². The molecule has 1 aliphatic heterocycles. The summed E-state index contributed by atoms with van der Waals surface area (Å²) < 4.78 is 1.88. The molecule has 1 aromatic heterocycles. The van der Waals surface area contributed by atoms with Gasteiger partial charge in [-0.2, -0.15) is 0 Å². The Labute approximate surface area is 133 Å². The summed E-state index contributed by atoms with van der Waals surface area (Å²) in [7, 11) is 0. The Kier molecular flexibility index (Phi) is 3.88. The van der Waals surface area contributed by atoms with Crippen molar-refractivity contribution in [3.05, 3.63) is 46.0 Å². The lowest BCUT2D eigenvalue weighted by atomic mass is 10.1. The molecule has 3 rings (SSSR count). The summed E-state index contributed by atoms with van der Waals surface area (Å²) in [6.45, 7) is 5.21. The Morgan fingerprint density at radius 2 is 2.18 bits per heavy atom. The van der Waals surface area contributed by atoms with Crippen molar-refractivity contribution in [1.82, 2.24) is 19.7 Å². The van der Waals surface area contributed by atoms with Gasteiger partial charge in [-0.05, 0) is 37.1 Å². The first kappa shape index (κ1) is 15.0. The van der Waals surface area contributed by atoms with Crippen LogP contribution in [-0.2, 0) is 24.4 Å². The minimum absolute atomic E-state index is 0.371. The van der Waals surface area contributed by atoms with E-state index in [1.165, 1.54) is 0 Å². The van der Waals surface area contributed by atoms with E-state index in [9.17, 15) is 9.90 Å². The third-order valence-corrected chi connectivity index (χ3v) is 4.35. The third-order valence-electron chi connectivity index (χ3n) is 4.12. The number of halogens is 1. The predicted molar refractivity (Wildman–Crippen MR) is 81.6 cm³/mol. The SMILES string of the molecule is Cc1cc(Cl)ccc1CN1Cc2nnc(C)n2CC1C(=O)O. The van der Waals surface area contributed by atoms with Crippen molar-refractivity contribution in [2.24, 2.45) is 0 Å². The summed E-state index contributed by atoms with van der Waals surface area (Å²) in [4.78, 5) is 13.5. The molecule has 6 nitrogen and oxygen atoms in total. The van der Waals surface area contributed by atoms with Crippen LogP contribution in [0.3, 0.4) is 0 Å². The summed E-state index contributed by atoms with van der Waals surface area (Å²) in [5.74, 6) is 0.732. The number of carbonyl (C=O) groups is 1.